The molecule has 0 aliphatic carbocycles. The number of rotatable bonds is 4. The minimum absolute atomic E-state index is 0.151. The average Bonchev–Trinajstić information content (AvgIpc) is 2.78. The normalized spacial score (nSPS) is 12.6. The second-order valence-corrected chi connectivity index (χ2v) is 3.91. The summed E-state index contributed by atoms with van der Waals surface area (Å²) >= 11 is 0. The predicted molar refractivity (Wildman–Crippen MR) is 63.9 cm³/mol. The highest BCUT2D eigenvalue weighted by Crippen LogP contribution is 2.14. The van der Waals surface area contributed by atoms with E-state index in [0.717, 1.165) is 5.69 Å². The van der Waals surface area contributed by atoms with E-state index < -0.39 is 6.04 Å². The first-order valence-electron chi connectivity index (χ1n) is 5.39. The first-order valence-corrected chi connectivity index (χ1v) is 5.39. The summed E-state index contributed by atoms with van der Waals surface area (Å²) in [5, 5.41) is 3.73. The Morgan fingerprint density at radius 2 is 2.39 bits per heavy atom. The zero-order chi connectivity index (χ0) is 13.1. The smallest absolute Gasteiger partial charge is 0.263 e. The molecule has 1 atom stereocenters. The number of aromatic amines is 1. The van der Waals surface area contributed by atoms with Gasteiger partial charge in [-0.05, 0) is 6.92 Å². The third kappa shape index (κ3) is 2.47. The molecule has 2 aromatic heterocycles. The van der Waals surface area contributed by atoms with Crippen LogP contribution in [0.5, 0.6) is 0 Å². The van der Waals surface area contributed by atoms with E-state index >= 15 is 0 Å². The fraction of sp³-hybridized carbons (Fsp3) is 0.364. The summed E-state index contributed by atoms with van der Waals surface area (Å²) in [4.78, 5) is 18.7. The molecule has 0 bridgehead atoms. The Morgan fingerprint density at radius 1 is 1.61 bits per heavy atom. The fourth-order valence-electron chi connectivity index (χ4n) is 1.49. The number of pyridine rings is 1. The van der Waals surface area contributed by atoms with Crippen LogP contribution in [0.15, 0.2) is 21.6 Å². The molecule has 1 unspecified atom stereocenters. The number of ether oxygens (including phenoxy) is 1. The molecule has 0 fully saturated rings. The second kappa shape index (κ2) is 5.11. The van der Waals surface area contributed by atoms with E-state index in [2.05, 4.69) is 15.1 Å². The Morgan fingerprint density at radius 3 is 3.06 bits per heavy atom. The van der Waals surface area contributed by atoms with Crippen LogP contribution in [0.1, 0.15) is 17.6 Å². The zero-order valence-electron chi connectivity index (χ0n) is 10.1. The molecule has 3 N–H and O–H groups in total. The molecule has 0 spiro atoms. The van der Waals surface area contributed by atoms with Crippen LogP contribution in [0.25, 0.3) is 11.5 Å². The van der Waals surface area contributed by atoms with Gasteiger partial charge in [0.05, 0.1) is 12.6 Å². The van der Waals surface area contributed by atoms with Gasteiger partial charge in [0.15, 0.2) is 11.3 Å². The van der Waals surface area contributed by atoms with Gasteiger partial charge in [-0.3, -0.25) is 4.79 Å². The van der Waals surface area contributed by atoms with Gasteiger partial charge in [-0.25, -0.2) is 0 Å². The first kappa shape index (κ1) is 12.5. The summed E-state index contributed by atoms with van der Waals surface area (Å²) in [7, 11) is 1.53. The molecule has 18 heavy (non-hydrogen) atoms. The number of methoxy groups -OCH3 is 1. The van der Waals surface area contributed by atoms with Crippen molar-refractivity contribution in [2.24, 2.45) is 5.73 Å². The second-order valence-electron chi connectivity index (χ2n) is 3.91. The van der Waals surface area contributed by atoms with Gasteiger partial charge in [-0.15, -0.1) is 0 Å². The van der Waals surface area contributed by atoms with Crippen LogP contribution < -0.4 is 11.2 Å². The summed E-state index contributed by atoms with van der Waals surface area (Å²) in [6.07, 6.45) is 1.54. The molecular formula is C11H14N4O3. The Labute approximate surface area is 103 Å². The van der Waals surface area contributed by atoms with Crippen LogP contribution in [0.2, 0.25) is 0 Å². The van der Waals surface area contributed by atoms with Gasteiger partial charge in [-0.1, -0.05) is 5.16 Å². The van der Waals surface area contributed by atoms with E-state index in [9.17, 15) is 4.79 Å². The van der Waals surface area contributed by atoms with Crippen molar-refractivity contribution in [1.29, 1.82) is 0 Å². The highest BCUT2D eigenvalue weighted by Gasteiger charge is 2.16. The van der Waals surface area contributed by atoms with E-state index in [1.165, 1.54) is 19.4 Å². The molecular weight excluding hydrogens is 236 g/mol. The summed E-state index contributed by atoms with van der Waals surface area (Å²) in [6.45, 7) is 2.07. The SMILES string of the molecule is COCC(N)c1noc(-c2c[nH]c(C)cc2=O)n1. The number of nitrogens with two attached hydrogens (primary N) is 1. The van der Waals surface area contributed by atoms with Gasteiger partial charge in [0.2, 0.25) is 0 Å². The molecule has 96 valence electrons. The predicted octanol–water partition coefficient (Wildman–Crippen LogP) is 0.380. The number of aromatic nitrogens is 3. The van der Waals surface area contributed by atoms with Gasteiger partial charge in [-0.2, -0.15) is 4.98 Å². The highest BCUT2D eigenvalue weighted by atomic mass is 16.5. The van der Waals surface area contributed by atoms with Crippen molar-refractivity contribution in [3.63, 3.8) is 0 Å². The Kier molecular flexibility index (Phi) is 3.54. The number of hydrogen-bond acceptors (Lipinski definition) is 6. The largest absolute Gasteiger partial charge is 0.383 e. The van der Waals surface area contributed by atoms with Crippen LogP contribution >= 0.6 is 0 Å². The first-order chi connectivity index (χ1) is 8.61. The molecule has 7 nitrogen and oxygen atoms in total. The van der Waals surface area contributed by atoms with Crippen LogP contribution in [0.4, 0.5) is 0 Å². The number of aryl methyl sites for hydroxylation is 1. The lowest BCUT2D eigenvalue weighted by molar-refractivity contribution is 0.177. The maximum atomic E-state index is 11.7. The van der Waals surface area contributed by atoms with Crippen molar-refractivity contribution in [1.82, 2.24) is 15.1 Å². The molecule has 2 rings (SSSR count). The summed E-state index contributed by atoms with van der Waals surface area (Å²) in [6, 6.07) is 0.992. The van der Waals surface area contributed by atoms with E-state index in [0.29, 0.717) is 11.4 Å². The molecule has 0 aliphatic rings. The molecule has 7 heteroatoms. The highest BCUT2D eigenvalue weighted by molar-refractivity contribution is 5.50. The monoisotopic (exact) mass is 250 g/mol. The molecule has 0 radical (unpaired) electrons. The fourth-order valence-corrected chi connectivity index (χ4v) is 1.49. The lowest BCUT2D eigenvalue weighted by Gasteiger charge is -2.03. The van der Waals surface area contributed by atoms with Gasteiger partial charge in [0, 0.05) is 25.1 Å². The van der Waals surface area contributed by atoms with Crippen LogP contribution in [0, 0.1) is 6.92 Å². The third-order valence-corrected chi connectivity index (χ3v) is 2.41. The molecule has 0 amide bonds. The summed E-state index contributed by atoms with van der Waals surface area (Å²) in [5.74, 6) is 0.463. The lowest BCUT2D eigenvalue weighted by Crippen LogP contribution is -2.17. The molecule has 2 heterocycles. The van der Waals surface area contributed by atoms with Crippen LogP contribution in [-0.2, 0) is 4.74 Å². The molecule has 2 aromatic rings. The van der Waals surface area contributed by atoms with Gasteiger partial charge >= 0.3 is 0 Å². The number of hydrogen-bond donors (Lipinski definition) is 2. The van der Waals surface area contributed by atoms with E-state index in [1.54, 1.807) is 6.92 Å². The van der Waals surface area contributed by atoms with Gasteiger partial charge in [0.25, 0.3) is 5.89 Å². The minimum Gasteiger partial charge on any atom is -0.383 e. The summed E-state index contributed by atoms with van der Waals surface area (Å²) in [5.41, 5.74) is 6.67. The lowest BCUT2D eigenvalue weighted by atomic mass is 10.2. The maximum absolute atomic E-state index is 11.7. The van der Waals surface area contributed by atoms with Crippen molar-refractivity contribution < 1.29 is 9.26 Å². The van der Waals surface area contributed by atoms with Crippen molar-refractivity contribution in [2.45, 2.75) is 13.0 Å². The number of H-pyrrole nitrogens is 1. The summed E-state index contributed by atoms with van der Waals surface area (Å²) < 4.78 is 9.92. The minimum atomic E-state index is -0.475. The van der Waals surface area contributed by atoms with Crippen molar-refractivity contribution in [2.75, 3.05) is 13.7 Å². The van der Waals surface area contributed by atoms with Crippen LogP contribution in [-0.4, -0.2) is 28.8 Å². The quantitative estimate of drug-likeness (QED) is 0.812. The molecule has 0 aromatic carbocycles. The van der Waals surface area contributed by atoms with E-state index in [4.69, 9.17) is 15.0 Å². The average molecular weight is 250 g/mol. The standard InChI is InChI=1S/C11H14N4O3/c1-6-3-9(16)7(4-13-6)11-14-10(15-18-11)8(12)5-17-2/h3-4,8H,5,12H2,1-2H3,(H,13,16). The Balaban J connectivity index is 2.32. The number of nitrogens with zero attached hydrogens (tertiary/aromatic N) is 2. The number of nitrogens with one attached hydrogen (secondary N) is 1. The van der Waals surface area contributed by atoms with E-state index in [1.807, 2.05) is 0 Å². The van der Waals surface area contributed by atoms with Crippen molar-refractivity contribution in [3.8, 4) is 11.5 Å². The van der Waals surface area contributed by atoms with Gasteiger partial charge < -0.3 is 20.0 Å². The Bertz CT molecular complexity index is 590. The van der Waals surface area contributed by atoms with Crippen molar-refractivity contribution in [3.05, 3.63) is 34.0 Å². The van der Waals surface area contributed by atoms with E-state index in [-0.39, 0.29) is 17.9 Å². The van der Waals surface area contributed by atoms with Gasteiger partial charge in [0.1, 0.15) is 5.56 Å². The molecule has 0 saturated carbocycles. The maximum Gasteiger partial charge on any atom is 0.263 e. The topological polar surface area (TPSA) is 107 Å². The third-order valence-electron chi connectivity index (χ3n) is 2.41. The zero-order valence-corrected chi connectivity index (χ0v) is 10.1. The Hall–Kier alpha value is -1.99. The molecule has 0 aliphatic heterocycles. The van der Waals surface area contributed by atoms with Crippen molar-refractivity contribution >= 4 is 0 Å². The van der Waals surface area contributed by atoms with Crippen LogP contribution in [0.3, 0.4) is 0 Å². The molecule has 0 saturated heterocycles.